The molecule has 1 fully saturated rings. The van der Waals surface area contributed by atoms with E-state index < -0.39 is 5.54 Å². The zero-order valence-electron chi connectivity index (χ0n) is 11.6. The van der Waals surface area contributed by atoms with Gasteiger partial charge in [-0.05, 0) is 19.4 Å². The summed E-state index contributed by atoms with van der Waals surface area (Å²) >= 11 is 0. The first-order valence-electron chi connectivity index (χ1n) is 6.51. The summed E-state index contributed by atoms with van der Waals surface area (Å²) in [5.41, 5.74) is 0.628. The van der Waals surface area contributed by atoms with Crippen molar-refractivity contribution in [2.24, 2.45) is 5.92 Å². The van der Waals surface area contributed by atoms with Crippen molar-refractivity contribution in [2.45, 2.75) is 25.8 Å². The minimum Gasteiger partial charge on any atom is -0.347 e. The number of likely N-dealkylation sites (tertiary alicyclic amines) is 1. The molecule has 1 saturated heterocycles. The zero-order valence-corrected chi connectivity index (χ0v) is 11.6. The minimum absolute atomic E-state index is 0.0395. The third kappa shape index (κ3) is 2.95. The summed E-state index contributed by atoms with van der Waals surface area (Å²) in [6, 6.07) is 9.84. The third-order valence-corrected chi connectivity index (χ3v) is 3.64. The van der Waals surface area contributed by atoms with Gasteiger partial charge in [0.15, 0.2) is 0 Å². The van der Waals surface area contributed by atoms with Crippen molar-refractivity contribution >= 4 is 11.8 Å². The summed E-state index contributed by atoms with van der Waals surface area (Å²) in [5, 5.41) is 3.04. The highest BCUT2D eigenvalue weighted by molar-refractivity contribution is 5.89. The second-order valence-corrected chi connectivity index (χ2v) is 5.66. The second-order valence-electron chi connectivity index (χ2n) is 5.66. The van der Waals surface area contributed by atoms with Gasteiger partial charge in [0, 0.05) is 20.0 Å². The van der Waals surface area contributed by atoms with Gasteiger partial charge in [-0.1, -0.05) is 30.3 Å². The van der Waals surface area contributed by atoms with Crippen molar-refractivity contribution in [1.82, 2.24) is 10.2 Å². The molecule has 4 heteroatoms. The Labute approximate surface area is 113 Å². The third-order valence-electron chi connectivity index (χ3n) is 3.64. The maximum absolute atomic E-state index is 12.2. The number of amides is 2. The topological polar surface area (TPSA) is 49.4 Å². The lowest BCUT2D eigenvalue weighted by molar-refractivity contribution is -0.129. The summed E-state index contributed by atoms with van der Waals surface area (Å²) in [6.07, 6.45) is 0.313. The first-order valence-corrected chi connectivity index (χ1v) is 6.51. The molecular weight excluding hydrogens is 240 g/mol. The van der Waals surface area contributed by atoms with Crippen LogP contribution < -0.4 is 5.32 Å². The van der Waals surface area contributed by atoms with Crippen molar-refractivity contribution in [2.75, 3.05) is 13.6 Å². The summed E-state index contributed by atoms with van der Waals surface area (Å²) in [5.74, 6) is -0.246. The number of nitrogens with zero attached hydrogens (tertiary/aromatic N) is 1. The molecule has 1 aromatic rings. The SMILES string of the molecule is CN1C[C@H](C(=O)NC(C)(C)c2ccccc2)CC1=O. The van der Waals surface area contributed by atoms with E-state index in [0.29, 0.717) is 13.0 Å². The summed E-state index contributed by atoms with van der Waals surface area (Å²) in [7, 11) is 1.73. The van der Waals surface area contributed by atoms with Gasteiger partial charge in [0.25, 0.3) is 0 Å². The number of hydrogen-bond donors (Lipinski definition) is 1. The van der Waals surface area contributed by atoms with E-state index >= 15 is 0 Å². The summed E-state index contributed by atoms with van der Waals surface area (Å²) in [4.78, 5) is 25.3. The molecule has 19 heavy (non-hydrogen) atoms. The van der Waals surface area contributed by atoms with Crippen molar-refractivity contribution in [3.63, 3.8) is 0 Å². The van der Waals surface area contributed by atoms with E-state index in [2.05, 4.69) is 5.32 Å². The molecule has 0 spiro atoms. The maximum atomic E-state index is 12.2. The van der Waals surface area contributed by atoms with Gasteiger partial charge in [-0.15, -0.1) is 0 Å². The average molecular weight is 260 g/mol. The van der Waals surface area contributed by atoms with Crippen LogP contribution in [0.25, 0.3) is 0 Å². The number of rotatable bonds is 3. The Kier molecular flexibility index (Phi) is 3.60. The molecule has 1 aliphatic heterocycles. The van der Waals surface area contributed by atoms with E-state index in [4.69, 9.17) is 0 Å². The molecule has 0 radical (unpaired) electrons. The standard InChI is InChI=1S/C15H20N2O2/c1-15(2,12-7-5-4-6-8-12)16-14(19)11-9-13(18)17(3)10-11/h4-8,11H,9-10H2,1-3H3,(H,16,19)/t11-/m1/s1. The summed E-state index contributed by atoms with van der Waals surface area (Å²) < 4.78 is 0. The zero-order chi connectivity index (χ0) is 14.0. The fourth-order valence-corrected chi connectivity index (χ4v) is 2.38. The molecule has 2 amide bonds. The Morgan fingerprint density at radius 3 is 2.47 bits per heavy atom. The summed E-state index contributed by atoms with van der Waals surface area (Å²) in [6.45, 7) is 4.46. The molecule has 1 atom stereocenters. The van der Waals surface area contributed by atoms with Crippen LogP contribution in [-0.4, -0.2) is 30.3 Å². The molecule has 0 saturated carbocycles. The molecule has 2 rings (SSSR count). The monoisotopic (exact) mass is 260 g/mol. The Balaban J connectivity index is 2.05. The highest BCUT2D eigenvalue weighted by Gasteiger charge is 2.34. The number of carbonyl (C=O) groups excluding carboxylic acids is 2. The van der Waals surface area contributed by atoms with Crippen LogP contribution in [0.3, 0.4) is 0 Å². The number of hydrogen-bond acceptors (Lipinski definition) is 2. The van der Waals surface area contributed by atoms with Gasteiger partial charge in [0.05, 0.1) is 11.5 Å². The molecule has 0 bridgehead atoms. The van der Waals surface area contributed by atoms with Gasteiger partial charge in [0.2, 0.25) is 11.8 Å². The molecular formula is C15H20N2O2. The number of carbonyl (C=O) groups is 2. The fourth-order valence-electron chi connectivity index (χ4n) is 2.38. The van der Waals surface area contributed by atoms with E-state index in [0.717, 1.165) is 5.56 Å². The van der Waals surface area contributed by atoms with Crippen LogP contribution in [0.2, 0.25) is 0 Å². The average Bonchev–Trinajstić information content (AvgIpc) is 2.70. The fraction of sp³-hybridized carbons (Fsp3) is 0.467. The van der Waals surface area contributed by atoms with Crippen molar-refractivity contribution < 1.29 is 9.59 Å². The molecule has 1 heterocycles. The van der Waals surface area contributed by atoms with E-state index in [1.165, 1.54) is 0 Å². The van der Waals surface area contributed by atoms with Crippen LogP contribution in [-0.2, 0) is 15.1 Å². The molecule has 1 N–H and O–H groups in total. The Morgan fingerprint density at radius 1 is 1.32 bits per heavy atom. The van der Waals surface area contributed by atoms with Gasteiger partial charge >= 0.3 is 0 Å². The first-order chi connectivity index (χ1) is 8.90. The molecule has 1 aliphatic rings. The van der Waals surface area contributed by atoms with Crippen LogP contribution in [0, 0.1) is 5.92 Å². The van der Waals surface area contributed by atoms with Crippen molar-refractivity contribution in [3.05, 3.63) is 35.9 Å². The van der Waals surface area contributed by atoms with Gasteiger partial charge in [-0.3, -0.25) is 9.59 Å². The lowest BCUT2D eigenvalue weighted by Gasteiger charge is -2.28. The van der Waals surface area contributed by atoms with Crippen molar-refractivity contribution in [1.29, 1.82) is 0 Å². The normalized spacial score (nSPS) is 19.6. The van der Waals surface area contributed by atoms with Gasteiger partial charge < -0.3 is 10.2 Å². The molecule has 0 aliphatic carbocycles. The van der Waals surface area contributed by atoms with Crippen LogP contribution >= 0.6 is 0 Å². The second kappa shape index (κ2) is 5.03. The highest BCUT2D eigenvalue weighted by Crippen LogP contribution is 2.22. The Hall–Kier alpha value is -1.84. The Bertz CT molecular complexity index is 482. The maximum Gasteiger partial charge on any atom is 0.226 e. The minimum atomic E-state index is -0.428. The van der Waals surface area contributed by atoms with Gasteiger partial charge in [-0.2, -0.15) is 0 Å². The van der Waals surface area contributed by atoms with Gasteiger partial charge in [-0.25, -0.2) is 0 Å². The first kappa shape index (κ1) is 13.6. The van der Waals surface area contributed by atoms with Crippen molar-refractivity contribution in [3.8, 4) is 0 Å². The molecule has 4 nitrogen and oxygen atoms in total. The molecule has 102 valence electrons. The van der Waals surface area contributed by atoms with Crippen LogP contribution in [0.4, 0.5) is 0 Å². The largest absolute Gasteiger partial charge is 0.347 e. The van der Waals surface area contributed by atoms with Crippen LogP contribution in [0.1, 0.15) is 25.8 Å². The number of benzene rings is 1. The smallest absolute Gasteiger partial charge is 0.226 e. The lowest BCUT2D eigenvalue weighted by Crippen LogP contribution is -2.44. The van der Waals surface area contributed by atoms with E-state index in [1.54, 1.807) is 11.9 Å². The lowest BCUT2D eigenvalue weighted by atomic mass is 9.93. The van der Waals surface area contributed by atoms with E-state index in [-0.39, 0.29) is 17.7 Å². The van der Waals surface area contributed by atoms with E-state index in [9.17, 15) is 9.59 Å². The Morgan fingerprint density at radius 2 is 1.95 bits per heavy atom. The molecule has 1 aromatic carbocycles. The predicted octanol–water partition coefficient (Wildman–Crippen LogP) is 1.52. The van der Waals surface area contributed by atoms with Crippen LogP contribution in [0.15, 0.2) is 30.3 Å². The quantitative estimate of drug-likeness (QED) is 0.895. The molecule has 0 aromatic heterocycles. The van der Waals surface area contributed by atoms with Crippen LogP contribution in [0.5, 0.6) is 0 Å². The molecule has 0 unspecified atom stereocenters. The number of nitrogens with one attached hydrogen (secondary N) is 1. The predicted molar refractivity (Wildman–Crippen MR) is 73.4 cm³/mol. The highest BCUT2D eigenvalue weighted by atomic mass is 16.2. The van der Waals surface area contributed by atoms with Gasteiger partial charge in [0.1, 0.15) is 0 Å². The van der Waals surface area contributed by atoms with E-state index in [1.807, 2.05) is 44.2 Å².